The normalized spacial score (nSPS) is 11.0. The molecule has 0 aliphatic carbocycles. The van der Waals surface area contributed by atoms with Crippen LogP contribution in [0.2, 0.25) is 0 Å². The molecule has 0 aliphatic heterocycles. The van der Waals surface area contributed by atoms with Gasteiger partial charge in [0.15, 0.2) is 5.65 Å². The van der Waals surface area contributed by atoms with E-state index in [0.29, 0.717) is 23.3 Å². The van der Waals surface area contributed by atoms with E-state index in [2.05, 4.69) is 4.98 Å². The smallest absolute Gasteiger partial charge is 0.280 e. The minimum Gasteiger partial charge on any atom is -0.311 e. The van der Waals surface area contributed by atoms with E-state index in [0.717, 1.165) is 16.8 Å². The molecule has 1 amide bonds. The van der Waals surface area contributed by atoms with E-state index in [-0.39, 0.29) is 18.0 Å². The average Bonchev–Trinajstić information content (AvgIpc) is 3.01. The van der Waals surface area contributed by atoms with E-state index in [1.807, 2.05) is 69.3 Å². The highest BCUT2D eigenvalue weighted by molar-refractivity contribution is 5.94. The van der Waals surface area contributed by atoms with Gasteiger partial charge < -0.3 is 4.90 Å². The van der Waals surface area contributed by atoms with Gasteiger partial charge in [-0.15, -0.1) is 0 Å². The molecule has 4 aromatic rings. The van der Waals surface area contributed by atoms with Crippen molar-refractivity contribution in [2.45, 2.75) is 27.3 Å². The molecule has 0 atom stereocenters. The van der Waals surface area contributed by atoms with Gasteiger partial charge in [-0.25, -0.2) is 9.67 Å². The number of anilines is 1. The number of carbonyl (C=O) groups excluding carboxylic acids is 1. The second kappa shape index (κ2) is 7.99. The van der Waals surface area contributed by atoms with Gasteiger partial charge in [-0.05, 0) is 62.7 Å². The summed E-state index contributed by atoms with van der Waals surface area (Å²) in [6.07, 6.45) is 1.64. The van der Waals surface area contributed by atoms with Crippen LogP contribution in [0.1, 0.15) is 18.1 Å². The number of likely N-dealkylation sites (N-methyl/N-ethyl adjacent to an activating group) is 1. The number of rotatable bonds is 5. The first-order chi connectivity index (χ1) is 14.5. The fourth-order valence-electron chi connectivity index (χ4n) is 3.69. The molecule has 2 aromatic heterocycles. The van der Waals surface area contributed by atoms with Gasteiger partial charge in [0, 0.05) is 18.4 Å². The van der Waals surface area contributed by atoms with E-state index < -0.39 is 0 Å². The highest BCUT2D eigenvalue weighted by atomic mass is 16.2. The van der Waals surface area contributed by atoms with Gasteiger partial charge in [0.25, 0.3) is 5.56 Å². The van der Waals surface area contributed by atoms with Crippen LogP contribution in [-0.2, 0) is 11.3 Å². The average molecular weight is 400 g/mol. The predicted octanol–water partition coefficient (Wildman–Crippen LogP) is 3.86. The summed E-state index contributed by atoms with van der Waals surface area (Å²) in [4.78, 5) is 32.6. The number of carbonyl (C=O) groups is 1. The maximum atomic E-state index is 13.3. The number of benzene rings is 2. The van der Waals surface area contributed by atoms with Crippen LogP contribution in [0.3, 0.4) is 0 Å². The number of fused-ring (bicyclic) bond motifs is 1. The van der Waals surface area contributed by atoms with Gasteiger partial charge in [0.1, 0.15) is 6.54 Å². The Bertz CT molecular complexity index is 1270. The van der Waals surface area contributed by atoms with Crippen LogP contribution in [0.25, 0.3) is 16.7 Å². The Hall–Kier alpha value is -3.67. The topological polar surface area (TPSA) is 60.1 Å². The quantitative estimate of drug-likeness (QED) is 0.511. The van der Waals surface area contributed by atoms with Crippen molar-refractivity contribution < 1.29 is 4.79 Å². The van der Waals surface area contributed by atoms with Gasteiger partial charge in [0.2, 0.25) is 5.91 Å². The fourth-order valence-corrected chi connectivity index (χ4v) is 3.69. The number of nitrogens with zero attached hydrogens (tertiary/aromatic N) is 4. The summed E-state index contributed by atoms with van der Waals surface area (Å²) in [7, 11) is 0. The summed E-state index contributed by atoms with van der Waals surface area (Å²) >= 11 is 0. The first-order valence-electron chi connectivity index (χ1n) is 10.00. The van der Waals surface area contributed by atoms with E-state index in [1.54, 1.807) is 32.6 Å². The first-order valence-corrected chi connectivity index (χ1v) is 10.00. The molecule has 152 valence electrons. The van der Waals surface area contributed by atoms with Gasteiger partial charge in [0.05, 0.1) is 11.1 Å². The zero-order chi connectivity index (χ0) is 21.3. The highest BCUT2D eigenvalue weighted by Crippen LogP contribution is 2.18. The van der Waals surface area contributed by atoms with Crippen LogP contribution in [-0.4, -0.2) is 26.8 Å². The molecule has 0 spiro atoms. The maximum absolute atomic E-state index is 13.3. The molecule has 0 saturated carbocycles. The monoisotopic (exact) mass is 400 g/mol. The van der Waals surface area contributed by atoms with Crippen LogP contribution < -0.4 is 10.5 Å². The third-order valence-corrected chi connectivity index (χ3v) is 5.19. The van der Waals surface area contributed by atoms with Crippen LogP contribution in [0, 0.1) is 13.8 Å². The molecule has 0 aliphatic rings. The van der Waals surface area contributed by atoms with Crippen molar-refractivity contribution in [1.82, 2.24) is 14.3 Å². The Morgan fingerprint density at radius 2 is 1.77 bits per heavy atom. The lowest BCUT2D eigenvalue weighted by molar-refractivity contribution is -0.119. The van der Waals surface area contributed by atoms with E-state index in [4.69, 9.17) is 0 Å². The van der Waals surface area contributed by atoms with Crippen molar-refractivity contribution >= 4 is 22.6 Å². The third-order valence-electron chi connectivity index (χ3n) is 5.19. The molecule has 0 saturated heterocycles. The van der Waals surface area contributed by atoms with Crippen LogP contribution >= 0.6 is 0 Å². The molecule has 0 radical (unpaired) electrons. The van der Waals surface area contributed by atoms with Crippen LogP contribution in [0.15, 0.2) is 71.7 Å². The van der Waals surface area contributed by atoms with Crippen molar-refractivity contribution in [3.63, 3.8) is 0 Å². The second-order valence-electron chi connectivity index (χ2n) is 7.36. The Morgan fingerprint density at radius 3 is 2.47 bits per heavy atom. The summed E-state index contributed by atoms with van der Waals surface area (Å²) in [6, 6.07) is 19.0. The molecule has 0 bridgehead atoms. The largest absolute Gasteiger partial charge is 0.311 e. The number of hydrogen-bond donors (Lipinski definition) is 0. The van der Waals surface area contributed by atoms with Gasteiger partial charge in [-0.2, -0.15) is 0 Å². The molecule has 0 N–H and O–H groups in total. The second-order valence-corrected chi connectivity index (χ2v) is 7.36. The summed E-state index contributed by atoms with van der Waals surface area (Å²) < 4.78 is 3.21. The Balaban J connectivity index is 1.82. The lowest BCUT2D eigenvalue weighted by Crippen LogP contribution is -2.36. The fraction of sp³-hybridized carbons (Fsp3) is 0.208. The van der Waals surface area contributed by atoms with Crippen molar-refractivity contribution in [1.29, 1.82) is 0 Å². The van der Waals surface area contributed by atoms with Crippen molar-refractivity contribution in [2.75, 3.05) is 11.4 Å². The summed E-state index contributed by atoms with van der Waals surface area (Å²) in [6.45, 7) is 6.47. The van der Waals surface area contributed by atoms with E-state index in [1.165, 1.54) is 0 Å². The molecule has 2 heterocycles. The summed E-state index contributed by atoms with van der Waals surface area (Å²) in [5, 5.41) is 0.490. The molecule has 6 nitrogen and oxygen atoms in total. The van der Waals surface area contributed by atoms with Crippen molar-refractivity contribution in [2.24, 2.45) is 0 Å². The zero-order valence-electron chi connectivity index (χ0n) is 17.4. The van der Waals surface area contributed by atoms with Gasteiger partial charge in [-0.1, -0.05) is 29.8 Å². The van der Waals surface area contributed by atoms with Crippen LogP contribution in [0.4, 0.5) is 5.69 Å². The number of hydrogen-bond acceptors (Lipinski definition) is 3. The van der Waals surface area contributed by atoms with Crippen molar-refractivity contribution in [3.8, 4) is 5.69 Å². The highest BCUT2D eigenvalue weighted by Gasteiger charge is 2.21. The van der Waals surface area contributed by atoms with E-state index >= 15 is 0 Å². The Morgan fingerprint density at radius 1 is 1.00 bits per heavy atom. The molecular formula is C24H24N4O2. The number of pyridine rings is 1. The van der Waals surface area contributed by atoms with E-state index in [9.17, 15) is 9.59 Å². The first kappa shape index (κ1) is 19.6. The number of amides is 1. The minimum absolute atomic E-state index is 0.00537. The molecule has 6 heteroatoms. The number of aryl methyl sites for hydroxylation is 2. The van der Waals surface area contributed by atoms with Gasteiger partial charge >= 0.3 is 0 Å². The van der Waals surface area contributed by atoms with Crippen molar-refractivity contribution in [3.05, 3.63) is 88.3 Å². The standard InChI is InChI=1S/C24H24N4O2/c1-4-26(20-8-5-7-18(3)15-20)22(29)16-27-23-21(9-6-14-25-23)24(30)28(27)19-12-10-17(2)11-13-19/h5-15H,4,16H2,1-3H3. The molecule has 0 fully saturated rings. The van der Waals surface area contributed by atoms with Crippen LogP contribution in [0.5, 0.6) is 0 Å². The Labute approximate surface area is 175 Å². The predicted molar refractivity (Wildman–Crippen MR) is 119 cm³/mol. The molecule has 30 heavy (non-hydrogen) atoms. The SMILES string of the molecule is CCN(C(=O)Cn1c2ncccc2c(=O)n1-c1ccc(C)cc1)c1cccc(C)c1. The third kappa shape index (κ3) is 3.52. The summed E-state index contributed by atoms with van der Waals surface area (Å²) in [5.41, 5.74) is 4.04. The lowest BCUT2D eigenvalue weighted by atomic mass is 10.2. The Kier molecular flexibility index (Phi) is 5.23. The lowest BCUT2D eigenvalue weighted by Gasteiger charge is -2.22. The molecule has 0 unspecified atom stereocenters. The minimum atomic E-state index is -0.187. The molecule has 2 aromatic carbocycles. The zero-order valence-corrected chi connectivity index (χ0v) is 17.4. The number of aromatic nitrogens is 3. The van der Waals surface area contributed by atoms with Gasteiger partial charge in [-0.3, -0.25) is 14.3 Å². The maximum Gasteiger partial charge on any atom is 0.280 e. The summed E-state index contributed by atoms with van der Waals surface area (Å²) in [5.74, 6) is -0.105. The molecule has 4 rings (SSSR count). The molecular weight excluding hydrogens is 376 g/mol.